The van der Waals surface area contributed by atoms with Crippen LogP contribution in [0.4, 0.5) is 4.79 Å². The van der Waals surface area contributed by atoms with Gasteiger partial charge < -0.3 is 10.1 Å². The van der Waals surface area contributed by atoms with Crippen LogP contribution in [0, 0.1) is 0 Å². The fourth-order valence-electron chi connectivity index (χ4n) is 2.93. The topological polar surface area (TPSA) is 56.1 Å². The fourth-order valence-corrected chi connectivity index (χ4v) is 2.93. The molecule has 0 spiro atoms. The first-order chi connectivity index (χ1) is 10.8. The first-order valence-electron chi connectivity index (χ1n) is 7.85. The molecule has 1 aromatic heterocycles. The molecule has 1 amide bonds. The molecule has 3 rings (SSSR count). The summed E-state index contributed by atoms with van der Waals surface area (Å²) in [5.74, 6) is 0.867. The lowest BCUT2D eigenvalue weighted by molar-refractivity contribution is 0.151. The van der Waals surface area contributed by atoms with E-state index in [1.54, 1.807) is 6.92 Å². The molecule has 0 unspecified atom stereocenters. The minimum absolute atomic E-state index is 0.370. The van der Waals surface area contributed by atoms with E-state index in [2.05, 4.69) is 22.0 Å². The number of aromatic nitrogens is 2. The Hall–Kier alpha value is -2.30. The maximum Gasteiger partial charge on any atom is 0.407 e. The summed E-state index contributed by atoms with van der Waals surface area (Å²) in [5, 5.41) is 2.77. The largest absolute Gasteiger partial charge is 0.450 e. The van der Waals surface area contributed by atoms with Gasteiger partial charge in [0.15, 0.2) is 0 Å². The second kappa shape index (κ2) is 6.64. The number of aryl methyl sites for hydroxylation is 1. The normalized spacial score (nSPS) is 13.5. The zero-order valence-electron chi connectivity index (χ0n) is 12.8. The average molecular weight is 299 g/mol. The number of imidazole rings is 1. The van der Waals surface area contributed by atoms with Gasteiger partial charge in [0.1, 0.15) is 5.82 Å². The van der Waals surface area contributed by atoms with Gasteiger partial charge in [0.2, 0.25) is 0 Å². The van der Waals surface area contributed by atoms with Crippen molar-refractivity contribution in [3.63, 3.8) is 0 Å². The number of alkyl carbamates (subject to hydrolysis) is 1. The predicted octanol–water partition coefficient (Wildman–Crippen LogP) is 3.00. The number of hydrogen-bond acceptors (Lipinski definition) is 3. The van der Waals surface area contributed by atoms with E-state index in [9.17, 15) is 4.79 Å². The van der Waals surface area contributed by atoms with Crippen LogP contribution in [-0.2, 0) is 24.1 Å². The van der Waals surface area contributed by atoms with Gasteiger partial charge >= 0.3 is 6.09 Å². The Labute approximate surface area is 130 Å². The minimum Gasteiger partial charge on any atom is -0.450 e. The highest BCUT2D eigenvalue weighted by Gasteiger charge is 2.21. The van der Waals surface area contributed by atoms with Crippen LogP contribution in [0.3, 0.4) is 0 Å². The van der Waals surface area contributed by atoms with Crippen molar-refractivity contribution >= 4 is 6.09 Å². The van der Waals surface area contributed by atoms with Crippen LogP contribution in [-0.4, -0.2) is 22.3 Å². The molecule has 1 N–H and O–H groups in total. The zero-order chi connectivity index (χ0) is 15.4. The van der Waals surface area contributed by atoms with Crippen molar-refractivity contribution in [3.05, 3.63) is 47.5 Å². The molecule has 116 valence electrons. The van der Waals surface area contributed by atoms with E-state index >= 15 is 0 Å². The Morgan fingerprint density at radius 3 is 2.82 bits per heavy atom. The Morgan fingerprint density at radius 2 is 2.05 bits per heavy atom. The molecule has 0 aliphatic heterocycles. The SMILES string of the molecule is CCOC(=O)NCc1nc2c(n1-c1ccccc1)CCCC2. The number of ether oxygens (including phenoxy) is 1. The van der Waals surface area contributed by atoms with Gasteiger partial charge in [-0.25, -0.2) is 9.78 Å². The monoisotopic (exact) mass is 299 g/mol. The summed E-state index contributed by atoms with van der Waals surface area (Å²) in [6.07, 6.45) is 4.03. The van der Waals surface area contributed by atoms with Gasteiger partial charge in [0, 0.05) is 11.4 Å². The fraction of sp³-hybridized carbons (Fsp3) is 0.412. The van der Waals surface area contributed by atoms with Crippen molar-refractivity contribution in [1.29, 1.82) is 0 Å². The predicted molar refractivity (Wildman–Crippen MR) is 84.1 cm³/mol. The third-order valence-electron chi connectivity index (χ3n) is 3.88. The van der Waals surface area contributed by atoms with E-state index in [4.69, 9.17) is 9.72 Å². The van der Waals surface area contributed by atoms with Gasteiger partial charge in [0.25, 0.3) is 0 Å². The molecule has 1 heterocycles. The first kappa shape index (κ1) is 14.6. The highest BCUT2D eigenvalue weighted by molar-refractivity contribution is 5.67. The molecule has 0 fully saturated rings. The quantitative estimate of drug-likeness (QED) is 0.944. The smallest absolute Gasteiger partial charge is 0.407 e. The second-order valence-corrected chi connectivity index (χ2v) is 5.37. The molecule has 0 saturated carbocycles. The van der Waals surface area contributed by atoms with Crippen molar-refractivity contribution in [2.45, 2.75) is 39.2 Å². The number of rotatable bonds is 4. The molecule has 5 nitrogen and oxygen atoms in total. The van der Waals surface area contributed by atoms with Crippen LogP contribution < -0.4 is 5.32 Å². The molecule has 5 heteroatoms. The zero-order valence-corrected chi connectivity index (χ0v) is 12.8. The third-order valence-corrected chi connectivity index (χ3v) is 3.88. The van der Waals surface area contributed by atoms with Crippen molar-refractivity contribution in [2.24, 2.45) is 0 Å². The van der Waals surface area contributed by atoms with E-state index in [1.807, 2.05) is 18.2 Å². The molecular formula is C17H21N3O2. The molecule has 0 saturated heterocycles. The molecule has 1 aromatic carbocycles. The standard InChI is InChI=1S/C17H21N3O2/c1-2-22-17(21)18-12-16-19-14-10-6-7-11-15(14)20(16)13-8-4-3-5-9-13/h3-5,8-9H,2,6-7,10-12H2,1H3,(H,18,21). The number of hydrogen-bond donors (Lipinski definition) is 1. The second-order valence-electron chi connectivity index (χ2n) is 5.37. The molecule has 1 aliphatic carbocycles. The van der Waals surface area contributed by atoms with Crippen LogP contribution in [0.15, 0.2) is 30.3 Å². The highest BCUT2D eigenvalue weighted by atomic mass is 16.5. The van der Waals surface area contributed by atoms with E-state index in [-0.39, 0.29) is 0 Å². The third kappa shape index (κ3) is 2.98. The molecular weight excluding hydrogens is 278 g/mol. The molecule has 0 atom stereocenters. The van der Waals surface area contributed by atoms with Crippen molar-refractivity contribution in [1.82, 2.24) is 14.9 Å². The summed E-state index contributed by atoms with van der Waals surface area (Å²) in [4.78, 5) is 16.3. The van der Waals surface area contributed by atoms with Crippen LogP contribution >= 0.6 is 0 Å². The summed E-state index contributed by atoms with van der Waals surface area (Å²) in [6.45, 7) is 2.54. The Bertz CT molecular complexity index is 649. The van der Waals surface area contributed by atoms with Crippen molar-refractivity contribution in [2.75, 3.05) is 6.61 Å². The van der Waals surface area contributed by atoms with E-state index in [1.165, 1.54) is 18.5 Å². The lowest BCUT2D eigenvalue weighted by Crippen LogP contribution is -2.25. The van der Waals surface area contributed by atoms with E-state index < -0.39 is 6.09 Å². The number of benzene rings is 1. The maximum atomic E-state index is 11.5. The van der Waals surface area contributed by atoms with E-state index in [0.717, 1.165) is 30.0 Å². The van der Waals surface area contributed by atoms with Gasteiger partial charge in [-0.3, -0.25) is 4.57 Å². The van der Waals surface area contributed by atoms with Gasteiger partial charge in [-0.15, -0.1) is 0 Å². The summed E-state index contributed by atoms with van der Waals surface area (Å²) >= 11 is 0. The number of nitrogens with zero attached hydrogens (tertiary/aromatic N) is 2. The summed E-state index contributed by atoms with van der Waals surface area (Å²) < 4.78 is 7.11. The number of fused-ring (bicyclic) bond motifs is 1. The van der Waals surface area contributed by atoms with Crippen LogP contribution in [0.5, 0.6) is 0 Å². The lowest BCUT2D eigenvalue weighted by Gasteiger charge is -2.15. The Morgan fingerprint density at radius 1 is 1.27 bits per heavy atom. The lowest BCUT2D eigenvalue weighted by atomic mass is 10.0. The van der Waals surface area contributed by atoms with Crippen molar-refractivity contribution in [3.8, 4) is 5.69 Å². The first-order valence-corrected chi connectivity index (χ1v) is 7.85. The number of amides is 1. The average Bonchev–Trinajstić information content (AvgIpc) is 2.92. The summed E-state index contributed by atoms with van der Waals surface area (Å²) in [5.41, 5.74) is 3.53. The van der Waals surface area contributed by atoms with Crippen LogP contribution in [0.2, 0.25) is 0 Å². The summed E-state index contributed by atoms with van der Waals surface area (Å²) in [6, 6.07) is 10.2. The molecule has 0 radical (unpaired) electrons. The number of para-hydroxylation sites is 1. The van der Waals surface area contributed by atoms with Crippen molar-refractivity contribution < 1.29 is 9.53 Å². The van der Waals surface area contributed by atoms with Gasteiger partial charge in [-0.1, -0.05) is 18.2 Å². The van der Waals surface area contributed by atoms with Gasteiger partial charge in [-0.2, -0.15) is 0 Å². The highest BCUT2D eigenvalue weighted by Crippen LogP contribution is 2.25. The van der Waals surface area contributed by atoms with Gasteiger partial charge in [0.05, 0.1) is 18.8 Å². The molecule has 0 bridgehead atoms. The number of carbonyl (C=O) groups is 1. The molecule has 1 aliphatic rings. The Balaban J connectivity index is 1.91. The number of nitrogens with one attached hydrogen (secondary N) is 1. The maximum absolute atomic E-state index is 11.5. The minimum atomic E-state index is -0.400. The summed E-state index contributed by atoms with van der Waals surface area (Å²) in [7, 11) is 0. The van der Waals surface area contributed by atoms with Crippen LogP contribution in [0.1, 0.15) is 37.0 Å². The van der Waals surface area contributed by atoms with Crippen LogP contribution in [0.25, 0.3) is 5.69 Å². The molecule has 22 heavy (non-hydrogen) atoms. The molecule has 2 aromatic rings. The number of carbonyl (C=O) groups excluding carboxylic acids is 1. The van der Waals surface area contributed by atoms with E-state index in [0.29, 0.717) is 13.2 Å². The Kier molecular flexibility index (Phi) is 4.42. The van der Waals surface area contributed by atoms with Gasteiger partial charge in [-0.05, 0) is 44.7 Å².